The molecule has 0 radical (unpaired) electrons. The van der Waals surface area contributed by atoms with Crippen LogP contribution in [0.2, 0.25) is 0 Å². The Hall–Kier alpha value is -3.08. The summed E-state index contributed by atoms with van der Waals surface area (Å²) in [5, 5.41) is 0. The van der Waals surface area contributed by atoms with Crippen LogP contribution in [0.1, 0.15) is 15.9 Å². The second kappa shape index (κ2) is 5.96. The molecule has 0 unspecified atom stereocenters. The molecular weight excluding hydrogens is 294 g/mol. The number of carbonyl (C=O) groups excluding carboxylic acids is 2. The van der Waals surface area contributed by atoms with Crippen molar-refractivity contribution in [1.82, 2.24) is 0 Å². The molecule has 1 amide bonds. The zero-order valence-electron chi connectivity index (χ0n) is 12.8. The van der Waals surface area contributed by atoms with Crippen LogP contribution >= 0.6 is 0 Å². The molecule has 1 aliphatic rings. The lowest BCUT2D eigenvalue weighted by Gasteiger charge is -2.18. The van der Waals surface area contributed by atoms with Gasteiger partial charge in [0.15, 0.2) is 0 Å². The number of methoxy groups -OCH3 is 2. The maximum atomic E-state index is 12.7. The van der Waals surface area contributed by atoms with Crippen LogP contribution in [0, 0.1) is 0 Å². The molecule has 0 aromatic heterocycles. The first-order valence-corrected chi connectivity index (χ1v) is 7.03. The highest BCUT2D eigenvalue weighted by atomic mass is 16.5. The molecule has 0 fully saturated rings. The molecule has 0 N–H and O–H groups in total. The predicted octanol–water partition coefficient (Wildman–Crippen LogP) is 2.87. The minimum atomic E-state index is -0.511. The zero-order valence-corrected chi connectivity index (χ0v) is 12.8. The zero-order chi connectivity index (χ0) is 16.4. The molecular formula is C18H15NO4. The van der Waals surface area contributed by atoms with E-state index in [4.69, 9.17) is 9.47 Å². The summed E-state index contributed by atoms with van der Waals surface area (Å²) in [6, 6.07) is 14.3. The number of hydrogen-bond donors (Lipinski definition) is 0. The van der Waals surface area contributed by atoms with E-state index in [1.165, 1.54) is 18.1 Å². The van der Waals surface area contributed by atoms with Gasteiger partial charge < -0.3 is 9.47 Å². The van der Waals surface area contributed by atoms with Crippen molar-refractivity contribution in [2.24, 2.45) is 0 Å². The number of hydrogen-bond acceptors (Lipinski definition) is 4. The SMILES string of the molecule is COC(=O)/C=C1/c2ccccc2C(=O)N1c1ccc(OC)cc1. The van der Waals surface area contributed by atoms with Crippen molar-refractivity contribution < 1.29 is 19.1 Å². The van der Waals surface area contributed by atoms with Gasteiger partial charge in [-0.1, -0.05) is 18.2 Å². The van der Waals surface area contributed by atoms with Crippen molar-refractivity contribution in [3.8, 4) is 5.75 Å². The maximum absolute atomic E-state index is 12.7. The summed E-state index contributed by atoms with van der Waals surface area (Å²) in [7, 11) is 2.88. The van der Waals surface area contributed by atoms with Crippen LogP contribution in [-0.4, -0.2) is 26.1 Å². The van der Waals surface area contributed by atoms with Crippen molar-refractivity contribution in [3.63, 3.8) is 0 Å². The highest BCUT2D eigenvalue weighted by Gasteiger charge is 2.33. The Morgan fingerprint density at radius 1 is 1.00 bits per heavy atom. The van der Waals surface area contributed by atoms with Crippen LogP contribution in [0.15, 0.2) is 54.6 Å². The lowest BCUT2D eigenvalue weighted by molar-refractivity contribution is -0.134. The van der Waals surface area contributed by atoms with Gasteiger partial charge in [0.25, 0.3) is 5.91 Å². The maximum Gasteiger partial charge on any atom is 0.332 e. The monoisotopic (exact) mass is 309 g/mol. The highest BCUT2D eigenvalue weighted by molar-refractivity contribution is 6.23. The number of benzene rings is 2. The molecule has 116 valence electrons. The average molecular weight is 309 g/mol. The second-order valence-corrected chi connectivity index (χ2v) is 4.94. The minimum absolute atomic E-state index is 0.180. The van der Waals surface area contributed by atoms with Gasteiger partial charge >= 0.3 is 5.97 Å². The van der Waals surface area contributed by atoms with E-state index in [1.54, 1.807) is 43.5 Å². The van der Waals surface area contributed by atoms with Crippen molar-refractivity contribution >= 4 is 23.3 Å². The minimum Gasteiger partial charge on any atom is -0.497 e. The van der Waals surface area contributed by atoms with Gasteiger partial charge in [-0.2, -0.15) is 0 Å². The molecule has 0 atom stereocenters. The topological polar surface area (TPSA) is 55.8 Å². The number of carbonyl (C=O) groups is 2. The van der Waals surface area contributed by atoms with Crippen LogP contribution in [0.25, 0.3) is 5.70 Å². The normalized spacial score (nSPS) is 14.8. The number of ether oxygens (including phenoxy) is 2. The van der Waals surface area contributed by atoms with E-state index in [9.17, 15) is 9.59 Å². The molecule has 0 saturated carbocycles. The summed E-state index contributed by atoms with van der Waals surface area (Å²) in [6.07, 6.45) is 1.33. The largest absolute Gasteiger partial charge is 0.497 e. The van der Waals surface area contributed by atoms with E-state index in [1.807, 2.05) is 12.1 Å². The van der Waals surface area contributed by atoms with Gasteiger partial charge in [0.2, 0.25) is 0 Å². The highest BCUT2D eigenvalue weighted by Crippen LogP contribution is 2.37. The summed E-state index contributed by atoms with van der Waals surface area (Å²) in [5.41, 5.74) is 2.42. The van der Waals surface area contributed by atoms with Gasteiger partial charge in [-0.3, -0.25) is 9.69 Å². The Bertz CT molecular complexity index is 793. The fourth-order valence-corrected chi connectivity index (χ4v) is 2.54. The van der Waals surface area contributed by atoms with E-state index in [0.717, 1.165) is 0 Å². The lowest BCUT2D eigenvalue weighted by atomic mass is 10.1. The van der Waals surface area contributed by atoms with Gasteiger partial charge in [0.1, 0.15) is 5.75 Å². The Morgan fingerprint density at radius 3 is 2.26 bits per heavy atom. The van der Waals surface area contributed by atoms with Crippen molar-refractivity contribution in [2.45, 2.75) is 0 Å². The summed E-state index contributed by atoms with van der Waals surface area (Å²) in [6.45, 7) is 0. The Balaban J connectivity index is 2.12. The third kappa shape index (κ3) is 2.57. The number of rotatable bonds is 3. The molecule has 23 heavy (non-hydrogen) atoms. The quantitative estimate of drug-likeness (QED) is 0.646. The Morgan fingerprint density at radius 2 is 1.65 bits per heavy atom. The molecule has 1 heterocycles. The van der Waals surface area contributed by atoms with Gasteiger partial charge in [0, 0.05) is 22.9 Å². The standard InChI is InChI=1S/C18H15NO4/c1-22-13-9-7-12(8-10-13)19-16(11-17(20)23-2)14-5-3-4-6-15(14)18(19)21/h3-11H,1-2H3/b16-11-. The fourth-order valence-electron chi connectivity index (χ4n) is 2.54. The summed E-state index contributed by atoms with van der Waals surface area (Å²) >= 11 is 0. The summed E-state index contributed by atoms with van der Waals surface area (Å²) < 4.78 is 9.85. The number of amides is 1. The molecule has 0 spiro atoms. The molecule has 3 rings (SSSR count). The summed E-state index contributed by atoms with van der Waals surface area (Å²) in [5.74, 6) is 0.000317. The molecule has 5 nitrogen and oxygen atoms in total. The van der Waals surface area contributed by atoms with Crippen LogP contribution in [-0.2, 0) is 9.53 Å². The second-order valence-electron chi connectivity index (χ2n) is 4.94. The number of fused-ring (bicyclic) bond motifs is 1. The van der Waals surface area contributed by atoms with E-state index < -0.39 is 5.97 Å². The van der Waals surface area contributed by atoms with Gasteiger partial charge in [-0.05, 0) is 30.3 Å². The first-order valence-electron chi connectivity index (χ1n) is 7.03. The molecule has 0 bridgehead atoms. The fraction of sp³-hybridized carbons (Fsp3) is 0.111. The smallest absolute Gasteiger partial charge is 0.332 e. The van der Waals surface area contributed by atoms with Crippen LogP contribution < -0.4 is 9.64 Å². The van der Waals surface area contributed by atoms with Gasteiger partial charge in [-0.15, -0.1) is 0 Å². The predicted molar refractivity (Wildman–Crippen MR) is 86.2 cm³/mol. The van der Waals surface area contributed by atoms with Gasteiger partial charge in [-0.25, -0.2) is 4.79 Å². The Kier molecular flexibility index (Phi) is 3.85. The van der Waals surface area contributed by atoms with Crippen LogP contribution in [0.4, 0.5) is 5.69 Å². The number of nitrogens with zero attached hydrogens (tertiary/aromatic N) is 1. The van der Waals surface area contributed by atoms with Gasteiger partial charge in [0.05, 0.1) is 19.9 Å². The van der Waals surface area contributed by atoms with Crippen molar-refractivity contribution in [2.75, 3.05) is 19.1 Å². The van der Waals surface area contributed by atoms with E-state index >= 15 is 0 Å². The van der Waals surface area contributed by atoms with Crippen molar-refractivity contribution in [3.05, 3.63) is 65.7 Å². The third-order valence-corrected chi connectivity index (χ3v) is 3.66. The lowest BCUT2D eigenvalue weighted by Crippen LogP contribution is -2.23. The van der Waals surface area contributed by atoms with E-state index in [-0.39, 0.29) is 5.91 Å². The molecule has 0 saturated heterocycles. The number of esters is 1. The molecule has 0 aliphatic carbocycles. The molecule has 5 heteroatoms. The first-order chi connectivity index (χ1) is 11.2. The first kappa shape index (κ1) is 14.8. The Labute approximate surface area is 133 Å². The summed E-state index contributed by atoms with van der Waals surface area (Å²) in [4.78, 5) is 25.9. The molecule has 2 aromatic rings. The number of anilines is 1. The molecule has 2 aromatic carbocycles. The van der Waals surface area contributed by atoms with E-state index in [2.05, 4.69) is 0 Å². The van der Waals surface area contributed by atoms with Crippen LogP contribution in [0.3, 0.4) is 0 Å². The molecule has 1 aliphatic heterocycles. The van der Waals surface area contributed by atoms with Crippen molar-refractivity contribution in [1.29, 1.82) is 0 Å². The van der Waals surface area contributed by atoms with Crippen LogP contribution in [0.5, 0.6) is 5.75 Å². The average Bonchev–Trinajstić information content (AvgIpc) is 2.87. The third-order valence-electron chi connectivity index (χ3n) is 3.66. The van der Waals surface area contributed by atoms with E-state index in [0.29, 0.717) is 28.3 Å².